The zero-order valence-corrected chi connectivity index (χ0v) is 12.3. The Labute approximate surface area is 113 Å². The van der Waals surface area contributed by atoms with E-state index in [1.165, 1.54) is 44.9 Å². The highest BCUT2D eigenvalue weighted by Crippen LogP contribution is 2.07. The number of allylic oxidation sites excluding steroid dienone is 4. The van der Waals surface area contributed by atoms with Crippen molar-refractivity contribution < 1.29 is 4.79 Å². The van der Waals surface area contributed by atoms with Gasteiger partial charge in [-0.15, -0.1) is 0 Å². The summed E-state index contributed by atoms with van der Waals surface area (Å²) in [6, 6.07) is 0. The van der Waals surface area contributed by atoms with Gasteiger partial charge in [-0.05, 0) is 31.8 Å². The topological polar surface area (TPSA) is 17.1 Å². The molecule has 0 unspecified atom stereocenters. The van der Waals surface area contributed by atoms with Gasteiger partial charge in [0.1, 0.15) is 0 Å². The van der Waals surface area contributed by atoms with Gasteiger partial charge in [0, 0.05) is 6.42 Å². The van der Waals surface area contributed by atoms with Crippen molar-refractivity contribution in [3.05, 3.63) is 24.3 Å². The molecule has 0 radical (unpaired) electrons. The SMILES string of the molecule is CCCCCCCCC=CCCC=CC(=O)CC. The van der Waals surface area contributed by atoms with E-state index in [0.717, 1.165) is 12.8 Å². The molecule has 0 aromatic rings. The summed E-state index contributed by atoms with van der Waals surface area (Å²) < 4.78 is 0. The minimum Gasteiger partial charge on any atom is -0.295 e. The molecule has 1 nitrogen and oxygen atoms in total. The standard InChI is InChI=1S/C17H30O/c1-3-5-6-7-8-9-10-11-12-13-14-15-16-17(18)4-2/h11-12,15-16H,3-10,13-14H2,1-2H3. The maximum Gasteiger partial charge on any atom is 0.155 e. The van der Waals surface area contributed by atoms with E-state index < -0.39 is 0 Å². The van der Waals surface area contributed by atoms with Crippen LogP contribution in [0.3, 0.4) is 0 Å². The number of hydrogen-bond acceptors (Lipinski definition) is 1. The van der Waals surface area contributed by atoms with E-state index in [1.54, 1.807) is 6.08 Å². The normalized spacial score (nSPS) is 11.7. The first kappa shape index (κ1) is 17.2. The summed E-state index contributed by atoms with van der Waals surface area (Å²) in [5, 5.41) is 0. The molecule has 0 fully saturated rings. The van der Waals surface area contributed by atoms with Crippen molar-refractivity contribution in [3.8, 4) is 0 Å². The van der Waals surface area contributed by atoms with Gasteiger partial charge in [0.15, 0.2) is 5.78 Å². The highest BCUT2D eigenvalue weighted by atomic mass is 16.1. The smallest absolute Gasteiger partial charge is 0.155 e. The van der Waals surface area contributed by atoms with Crippen LogP contribution in [-0.4, -0.2) is 5.78 Å². The Kier molecular flexibility index (Phi) is 13.5. The summed E-state index contributed by atoms with van der Waals surface area (Å²) in [5.41, 5.74) is 0. The van der Waals surface area contributed by atoms with Crippen molar-refractivity contribution in [1.29, 1.82) is 0 Å². The predicted molar refractivity (Wildman–Crippen MR) is 80.8 cm³/mol. The van der Waals surface area contributed by atoms with E-state index in [9.17, 15) is 4.79 Å². The van der Waals surface area contributed by atoms with Crippen LogP contribution < -0.4 is 0 Å². The molecule has 0 atom stereocenters. The second kappa shape index (κ2) is 14.2. The fourth-order valence-corrected chi connectivity index (χ4v) is 1.80. The highest BCUT2D eigenvalue weighted by Gasteiger charge is 1.89. The Hall–Kier alpha value is -0.850. The minimum atomic E-state index is 0.228. The van der Waals surface area contributed by atoms with Gasteiger partial charge in [0.25, 0.3) is 0 Å². The summed E-state index contributed by atoms with van der Waals surface area (Å²) in [7, 11) is 0. The molecule has 18 heavy (non-hydrogen) atoms. The van der Waals surface area contributed by atoms with Crippen LogP contribution in [0.1, 0.15) is 78.1 Å². The average molecular weight is 250 g/mol. The van der Waals surface area contributed by atoms with Gasteiger partial charge in [0.05, 0.1) is 0 Å². The number of rotatable bonds is 12. The Bertz CT molecular complexity index is 238. The van der Waals surface area contributed by atoms with E-state index in [-0.39, 0.29) is 5.78 Å². The minimum absolute atomic E-state index is 0.228. The molecule has 1 heteroatoms. The summed E-state index contributed by atoms with van der Waals surface area (Å²) in [4.78, 5) is 11.0. The van der Waals surface area contributed by atoms with Crippen LogP contribution in [0, 0.1) is 0 Å². The first-order valence-electron chi connectivity index (χ1n) is 7.65. The predicted octanol–water partition coefficient (Wildman–Crippen LogP) is 5.61. The van der Waals surface area contributed by atoms with E-state index in [1.807, 2.05) is 13.0 Å². The van der Waals surface area contributed by atoms with E-state index in [2.05, 4.69) is 19.1 Å². The lowest BCUT2D eigenvalue weighted by molar-refractivity contribution is -0.114. The lowest BCUT2D eigenvalue weighted by Gasteiger charge is -1.97. The number of ketones is 1. The second-order valence-corrected chi connectivity index (χ2v) is 4.83. The van der Waals surface area contributed by atoms with Crippen LogP contribution >= 0.6 is 0 Å². The Morgan fingerprint density at radius 2 is 1.39 bits per heavy atom. The third-order valence-corrected chi connectivity index (χ3v) is 3.04. The van der Waals surface area contributed by atoms with E-state index in [4.69, 9.17) is 0 Å². The highest BCUT2D eigenvalue weighted by molar-refractivity contribution is 5.89. The molecule has 0 amide bonds. The molecule has 0 aromatic heterocycles. The summed E-state index contributed by atoms with van der Waals surface area (Å²) in [6.45, 7) is 4.15. The van der Waals surface area contributed by atoms with Crippen molar-refractivity contribution in [2.75, 3.05) is 0 Å². The van der Waals surface area contributed by atoms with Crippen LogP contribution in [0.4, 0.5) is 0 Å². The maximum atomic E-state index is 11.0. The zero-order chi connectivity index (χ0) is 13.5. The van der Waals surface area contributed by atoms with Crippen LogP contribution in [0.25, 0.3) is 0 Å². The van der Waals surface area contributed by atoms with Gasteiger partial charge >= 0.3 is 0 Å². The molecule has 0 rings (SSSR count). The number of unbranched alkanes of at least 4 members (excludes halogenated alkanes) is 7. The van der Waals surface area contributed by atoms with Crippen LogP contribution in [0.2, 0.25) is 0 Å². The molecule has 0 saturated heterocycles. The lowest BCUT2D eigenvalue weighted by Crippen LogP contribution is -1.86. The Balaban J connectivity index is 3.23. The third-order valence-electron chi connectivity index (χ3n) is 3.04. The van der Waals surface area contributed by atoms with Crippen molar-refractivity contribution in [2.45, 2.75) is 78.1 Å². The molecule has 0 aliphatic heterocycles. The average Bonchev–Trinajstić information content (AvgIpc) is 2.39. The molecule has 0 aromatic carbocycles. The fourth-order valence-electron chi connectivity index (χ4n) is 1.80. The molecule has 0 N–H and O–H groups in total. The van der Waals surface area contributed by atoms with Gasteiger partial charge in [0.2, 0.25) is 0 Å². The Morgan fingerprint density at radius 3 is 2.11 bits per heavy atom. The van der Waals surface area contributed by atoms with Gasteiger partial charge < -0.3 is 0 Å². The molecule has 0 spiro atoms. The Morgan fingerprint density at radius 1 is 0.778 bits per heavy atom. The number of carbonyl (C=O) groups is 1. The number of carbonyl (C=O) groups excluding carboxylic acids is 1. The molecule has 0 aliphatic rings. The monoisotopic (exact) mass is 250 g/mol. The molecule has 0 heterocycles. The summed E-state index contributed by atoms with van der Waals surface area (Å²) in [6.07, 6.45) is 20.3. The molecule has 104 valence electrons. The fraction of sp³-hybridized carbons (Fsp3) is 0.706. The molecule has 0 saturated carbocycles. The van der Waals surface area contributed by atoms with Gasteiger partial charge in [-0.25, -0.2) is 0 Å². The van der Waals surface area contributed by atoms with Crippen LogP contribution in [-0.2, 0) is 4.79 Å². The largest absolute Gasteiger partial charge is 0.295 e. The van der Waals surface area contributed by atoms with Gasteiger partial charge in [-0.3, -0.25) is 4.79 Å². The zero-order valence-electron chi connectivity index (χ0n) is 12.3. The quantitative estimate of drug-likeness (QED) is 0.250. The van der Waals surface area contributed by atoms with E-state index in [0.29, 0.717) is 6.42 Å². The van der Waals surface area contributed by atoms with Crippen molar-refractivity contribution in [2.24, 2.45) is 0 Å². The molecule has 0 bridgehead atoms. The summed E-state index contributed by atoms with van der Waals surface area (Å²) in [5.74, 6) is 0.228. The molecule has 0 aliphatic carbocycles. The summed E-state index contributed by atoms with van der Waals surface area (Å²) >= 11 is 0. The van der Waals surface area contributed by atoms with E-state index >= 15 is 0 Å². The third kappa shape index (κ3) is 13.2. The van der Waals surface area contributed by atoms with Gasteiger partial charge in [-0.1, -0.05) is 64.2 Å². The molecular formula is C17H30O. The number of hydrogen-bond donors (Lipinski definition) is 0. The second-order valence-electron chi connectivity index (χ2n) is 4.83. The first-order chi connectivity index (χ1) is 8.81. The van der Waals surface area contributed by atoms with Crippen molar-refractivity contribution >= 4 is 5.78 Å². The van der Waals surface area contributed by atoms with Crippen molar-refractivity contribution in [1.82, 2.24) is 0 Å². The van der Waals surface area contributed by atoms with Crippen molar-refractivity contribution in [3.63, 3.8) is 0 Å². The van der Waals surface area contributed by atoms with Crippen LogP contribution in [0.5, 0.6) is 0 Å². The van der Waals surface area contributed by atoms with Crippen LogP contribution in [0.15, 0.2) is 24.3 Å². The van der Waals surface area contributed by atoms with Gasteiger partial charge in [-0.2, -0.15) is 0 Å². The molecular weight excluding hydrogens is 220 g/mol. The maximum absolute atomic E-state index is 11.0. The lowest BCUT2D eigenvalue weighted by atomic mass is 10.1. The first-order valence-corrected chi connectivity index (χ1v) is 7.65.